The van der Waals surface area contributed by atoms with Crippen molar-refractivity contribution < 1.29 is 14.7 Å². The SMILES string of the molecule is CN1C(=O)C2C(=[N+]=C(N/N=C/c3ccccc3O)N2Cc2ccc(Cl)cc2)N(C)C1=O. The second-order valence-corrected chi connectivity index (χ2v) is 7.55. The first-order chi connectivity index (χ1) is 14.9. The molecule has 1 saturated heterocycles. The van der Waals surface area contributed by atoms with Crippen molar-refractivity contribution >= 4 is 41.5 Å². The Bertz CT molecular complexity index is 1140. The zero-order valence-electron chi connectivity index (χ0n) is 16.9. The van der Waals surface area contributed by atoms with Crippen LogP contribution in [0.1, 0.15) is 11.1 Å². The largest absolute Gasteiger partial charge is 0.507 e. The summed E-state index contributed by atoms with van der Waals surface area (Å²) in [6, 6.07) is 12.8. The molecule has 2 aromatic carbocycles. The van der Waals surface area contributed by atoms with Crippen LogP contribution in [0.15, 0.2) is 53.6 Å². The molecule has 9 nitrogen and oxygen atoms in total. The number of fused-ring (bicyclic) bond motifs is 1. The van der Waals surface area contributed by atoms with Crippen molar-refractivity contribution in [1.82, 2.24) is 24.8 Å². The van der Waals surface area contributed by atoms with Crippen LogP contribution in [0.2, 0.25) is 5.02 Å². The van der Waals surface area contributed by atoms with Gasteiger partial charge >= 0.3 is 17.8 Å². The van der Waals surface area contributed by atoms with Gasteiger partial charge in [0.25, 0.3) is 5.91 Å². The maximum Gasteiger partial charge on any atom is 0.421 e. The molecule has 0 aromatic heterocycles. The Kier molecular flexibility index (Phi) is 5.37. The van der Waals surface area contributed by atoms with E-state index in [0.29, 0.717) is 28.9 Å². The summed E-state index contributed by atoms with van der Waals surface area (Å²) >= 11 is 5.99. The molecule has 2 aliphatic heterocycles. The van der Waals surface area contributed by atoms with E-state index in [1.807, 2.05) is 12.1 Å². The van der Waals surface area contributed by atoms with E-state index in [9.17, 15) is 14.7 Å². The molecule has 2 heterocycles. The number of benzene rings is 2. The number of nitrogens with zero attached hydrogens (tertiary/aromatic N) is 5. The number of amides is 3. The summed E-state index contributed by atoms with van der Waals surface area (Å²) in [5.74, 6) is 0.342. The predicted octanol–water partition coefficient (Wildman–Crippen LogP) is 1.20. The van der Waals surface area contributed by atoms with Crippen molar-refractivity contribution in [1.29, 1.82) is 0 Å². The first-order valence-corrected chi connectivity index (χ1v) is 9.83. The van der Waals surface area contributed by atoms with Gasteiger partial charge < -0.3 is 5.11 Å². The van der Waals surface area contributed by atoms with Crippen LogP contribution < -0.4 is 10.1 Å². The van der Waals surface area contributed by atoms with Crippen molar-refractivity contribution in [3.63, 3.8) is 0 Å². The van der Waals surface area contributed by atoms with Gasteiger partial charge in [-0.2, -0.15) is 5.43 Å². The zero-order valence-corrected chi connectivity index (χ0v) is 17.6. The molecule has 4 rings (SSSR count). The Balaban J connectivity index is 1.65. The fourth-order valence-electron chi connectivity index (χ4n) is 3.40. The number of nitrogens with one attached hydrogen (secondary N) is 1. The normalized spacial score (nSPS) is 18.4. The van der Waals surface area contributed by atoms with Crippen LogP contribution in [0.25, 0.3) is 0 Å². The highest BCUT2D eigenvalue weighted by Crippen LogP contribution is 2.21. The zero-order chi connectivity index (χ0) is 22.1. The van der Waals surface area contributed by atoms with E-state index < -0.39 is 12.1 Å². The number of rotatable bonds is 4. The Morgan fingerprint density at radius 3 is 2.55 bits per heavy atom. The van der Waals surface area contributed by atoms with Crippen LogP contribution in [-0.2, 0) is 11.3 Å². The molecule has 10 heteroatoms. The number of halogens is 1. The number of phenolic OH excluding ortho intramolecular Hbond substituents is 1. The molecule has 2 aromatic rings. The average molecular weight is 440 g/mol. The predicted molar refractivity (Wildman–Crippen MR) is 118 cm³/mol. The van der Waals surface area contributed by atoms with Gasteiger partial charge in [-0.25, -0.2) is 19.3 Å². The minimum absolute atomic E-state index is 0.0876. The minimum Gasteiger partial charge on any atom is -0.507 e. The number of amidine groups is 1. The number of para-hydroxylation sites is 1. The van der Waals surface area contributed by atoms with Gasteiger partial charge in [-0.3, -0.25) is 9.69 Å². The quantitative estimate of drug-likeness (QED) is 0.423. The van der Waals surface area contributed by atoms with Crippen LogP contribution in [0.5, 0.6) is 5.75 Å². The van der Waals surface area contributed by atoms with Gasteiger partial charge in [-0.1, -0.05) is 35.9 Å². The smallest absolute Gasteiger partial charge is 0.421 e. The Labute approximate surface area is 183 Å². The van der Waals surface area contributed by atoms with Gasteiger partial charge in [0.1, 0.15) is 5.75 Å². The highest BCUT2D eigenvalue weighted by molar-refractivity contribution is 6.30. The fourth-order valence-corrected chi connectivity index (χ4v) is 3.52. The maximum absolute atomic E-state index is 12.9. The second-order valence-electron chi connectivity index (χ2n) is 7.12. The number of hydrogen-bond acceptors (Lipinski definition) is 6. The second kappa shape index (κ2) is 8.14. The Morgan fingerprint density at radius 1 is 1.13 bits per heavy atom. The van der Waals surface area contributed by atoms with Crippen molar-refractivity contribution in [2.45, 2.75) is 12.6 Å². The summed E-state index contributed by atoms with van der Waals surface area (Å²) < 4.78 is 4.48. The van der Waals surface area contributed by atoms with Gasteiger partial charge in [0.05, 0.1) is 19.8 Å². The van der Waals surface area contributed by atoms with Crippen LogP contribution in [0.3, 0.4) is 0 Å². The van der Waals surface area contributed by atoms with E-state index in [2.05, 4.69) is 15.2 Å². The highest BCUT2D eigenvalue weighted by atomic mass is 35.5. The summed E-state index contributed by atoms with van der Waals surface area (Å²) in [4.78, 5) is 29.4. The number of urea groups is 1. The van der Waals surface area contributed by atoms with Gasteiger partial charge in [0, 0.05) is 17.6 Å². The summed E-state index contributed by atoms with van der Waals surface area (Å²) in [6.45, 7) is 0.338. The van der Waals surface area contributed by atoms with Crippen LogP contribution in [0, 0.1) is 0 Å². The summed E-state index contributed by atoms with van der Waals surface area (Å²) in [5, 5.41) is 14.7. The van der Waals surface area contributed by atoms with E-state index in [-0.39, 0.29) is 11.7 Å². The molecular weight excluding hydrogens is 420 g/mol. The molecule has 3 amide bonds. The van der Waals surface area contributed by atoms with Crippen molar-refractivity contribution in [3.05, 3.63) is 64.7 Å². The number of hydrazone groups is 1. The van der Waals surface area contributed by atoms with Gasteiger partial charge in [-0.05, 0) is 29.8 Å². The van der Waals surface area contributed by atoms with Gasteiger partial charge in [-0.15, -0.1) is 5.10 Å². The first kappa shape index (κ1) is 20.5. The molecule has 1 unspecified atom stereocenters. The van der Waals surface area contributed by atoms with Crippen molar-refractivity contribution in [2.24, 2.45) is 5.10 Å². The van der Waals surface area contributed by atoms with E-state index >= 15 is 0 Å². The molecular formula is C21H20ClN6O3+. The molecule has 0 saturated carbocycles. The van der Waals surface area contributed by atoms with E-state index in [1.54, 1.807) is 48.3 Å². The third kappa shape index (κ3) is 3.84. The molecule has 1 atom stereocenters. The molecule has 0 spiro atoms. The molecule has 31 heavy (non-hydrogen) atoms. The number of imide groups is 1. The van der Waals surface area contributed by atoms with Crippen molar-refractivity contribution in [3.8, 4) is 5.75 Å². The van der Waals surface area contributed by atoms with Gasteiger partial charge in [0.2, 0.25) is 6.04 Å². The number of carbonyl (C=O) groups is 2. The number of guanidine groups is 1. The average Bonchev–Trinajstić information content (AvgIpc) is 3.12. The Morgan fingerprint density at radius 2 is 1.84 bits per heavy atom. The van der Waals surface area contributed by atoms with Crippen LogP contribution >= 0.6 is 11.6 Å². The molecule has 0 radical (unpaired) electrons. The lowest BCUT2D eigenvalue weighted by molar-refractivity contribution is -0.130. The summed E-state index contributed by atoms with van der Waals surface area (Å²) in [5.41, 5.74) is 4.27. The lowest BCUT2D eigenvalue weighted by atomic mass is 10.1. The molecule has 2 N–H and O–H groups in total. The molecule has 0 bridgehead atoms. The molecule has 0 aliphatic carbocycles. The standard InChI is InChI=1S/C21H19ClN6O3/c1-26-18-17(19(30)27(2)21(26)31)28(12-13-7-9-15(22)10-8-13)20(24-18)25-23-11-14-5-3-4-6-16(14)29/h3-11,17H,12H2,1-2H3,(H,23,29)/p+1. The lowest BCUT2D eigenvalue weighted by Gasteiger charge is -2.31. The van der Waals surface area contributed by atoms with E-state index in [4.69, 9.17) is 11.6 Å². The van der Waals surface area contributed by atoms with Gasteiger partial charge in [0.15, 0.2) is 0 Å². The fraction of sp³-hybridized carbons (Fsp3) is 0.190. The monoisotopic (exact) mass is 439 g/mol. The highest BCUT2D eigenvalue weighted by Gasteiger charge is 2.54. The van der Waals surface area contributed by atoms with E-state index in [0.717, 1.165) is 10.5 Å². The number of aromatic hydroxyl groups is 1. The van der Waals surface area contributed by atoms with E-state index in [1.165, 1.54) is 18.2 Å². The Hall–Kier alpha value is -3.81. The maximum atomic E-state index is 12.9. The topological polar surface area (TPSA) is 103 Å². The number of likely N-dealkylation sites (N-methyl/N-ethyl adjacent to an activating group) is 2. The summed E-state index contributed by atoms with van der Waals surface area (Å²) in [6.07, 6.45) is 1.45. The minimum atomic E-state index is -0.772. The summed E-state index contributed by atoms with van der Waals surface area (Å²) in [7, 11) is 3.02. The molecule has 2 aliphatic rings. The first-order valence-electron chi connectivity index (χ1n) is 9.46. The molecule has 1 fully saturated rings. The van der Waals surface area contributed by atoms with Crippen LogP contribution in [-0.4, -0.2) is 69.9 Å². The third-order valence-corrected chi connectivity index (χ3v) is 5.35. The lowest BCUT2D eigenvalue weighted by Crippen LogP contribution is -2.63. The van der Waals surface area contributed by atoms with Crippen molar-refractivity contribution in [2.75, 3.05) is 14.1 Å². The van der Waals surface area contributed by atoms with Crippen LogP contribution in [0.4, 0.5) is 4.79 Å². The third-order valence-electron chi connectivity index (χ3n) is 5.10. The number of phenols is 1. The number of carbonyl (C=O) groups excluding carboxylic acids is 2. The number of hydrogen-bond donors (Lipinski definition) is 2. The molecule has 158 valence electrons.